The second-order valence-electron chi connectivity index (χ2n) is 4.35. The Kier molecular flexibility index (Phi) is 6.41. The van der Waals surface area contributed by atoms with Gasteiger partial charge in [0, 0.05) is 13.2 Å². The summed E-state index contributed by atoms with van der Waals surface area (Å²) in [6.45, 7) is 1.92. The second-order valence-corrected chi connectivity index (χ2v) is 6.32. The number of carbonyl (C=O) groups excluding carboxylic acids is 1. The van der Waals surface area contributed by atoms with Crippen molar-refractivity contribution < 1.29 is 22.7 Å². The van der Waals surface area contributed by atoms with E-state index in [0.717, 1.165) is 6.07 Å². The molecule has 0 saturated heterocycles. The zero-order valence-electron chi connectivity index (χ0n) is 11.6. The van der Waals surface area contributed by atoms with E-state index in [1.54, 1.807) is 6.92 Å². The smallest absolute Gasteiger partial charge is 0.258 e. The summed E-state index contributed by atoms with van der Waals surface area (Å²) in [5, 5.41) is 7.69. The van der Waals surface area contributed by atoms with Crippen LogP contribution in [0.3, 0.4) is 0 Å². The quantitative estimate of drug-likeness (QED) is 0.754. The minimum Gasteiger partial charge on any atom is -0.482 e. The lowest BCUT2D eigenvalue weighted by Gasteiger charge is -2.13. The topological polar surface area (TPSA) is 108 Å². The van der Waals surface area contributed by atoms with Crippen molar-refractivity contribution in [1.29, 1.82) is 0 Å². The molecule has 21 heavy (non-hydrogen) atoms. The van der Waals surface area contributed by atoms with Gasteiger partial charge in [-0.15, -0.1) is 0 Å². The third kappa shape index (κ3) is 5.88. The van der Waals surface area contributed by atoms with Crippen LogP contribution in [0.1, 0.15) is 6.92 Å². The molecule has 0 aromatic heterocycles. The zero-order valence-corrected chi connectivity index (χ0v) is 13.2. The van der Waals surface area contributed by atoms with Gasteiger partial charge in [-0.1, -0.05) is 11.6 Å². The average molecular weight is 337 g/mol. The highest BCUT2D eigenvalue weighted by Crippen LogP contribution is 2.26. The number of ether oxygens (including phenoxy) is 2. The van der Waals surface area contributed by atoms with E-state index in [1.165, 1.54) is 19.2 Å². The second kappa shape index (κ2) is 7.60. The summed E-state index contributed by atoms with van der Waals surface area (Å²) in [6.07, 6.45) is 0. The Hall–Kier alpha value is -1.35. The number of amides is 1. The molecule has 0 aliphatic rings. The van der Waals surface area contributed by atoms with Crippen molar-refractivity contribution in [3.05, 3.63) is 23.2 Å². The summed E-state index contributed by atoms with van der Waals surface area (Å²) in [6, 6.07) is 3.61. The fourth-order valence-electron chi connectivity index (χ4n) is 1.53. The van der Waals surface area contributed by atoms with E-state index in [9.17, 15) is 13.2 Å². The maximum absolute atomic E-state index is 11.6. The number of benzene rings is 1. The van der Waals surface area contributed by atoms with Crippen molar-refractivity contribution in [3.8, 4) is 5.75 Å². The van der Waals surface area contributed by atoms with Crippen molar-refractivity contribution in [3.63, 3.8) is 0 Å². The summed E-state index contributed by atoms with van der Waals surface area (Å²) in [5.74, 6) is -0.148. The Morgan fingerprint density at radius 1 is 1.48 bits per heavy atom. The van der Waals surface area contributed by atoms with Crippen molar-refractivity contribution >= 4 is 27.5 Å². The largest absolute Gasteiger partial charge is 0.482 e. The number of methoxy groups -OCH3 is 1. The van der Waals surface area contributed by atoms with Crippen LogP contribution in [-0.2, 0) is 19.6 Å². The minimum absolute atomic E-state index is 0.0549. The summed E-state index contributed by atoms with van der Waals surface area (Å²) < 4.78 is 32.4. The Balaban J connectivity index is 2.62. The molecule has 1 aromatic carbocycles. The maximum Gasteiger partial charge on any atom is 0.258 e. The van der Waals surface area contributed by atoms with Gasteiger partial charge in [0.25, 0.3) is 5.91 Å². The molecule has 118 valence electrons. The lowest BCUT2D eigenvalue weighted by Crippen LogP contribution is -2.38. The predicted molar refractivity (Wildman–Crippen MR) is 77.8 cm³/mol. The zero-order chi connectivity index (χ0) is 16.0. The van der Waals surface area contributed by atoms with Gasteiger partial charge in [-0.2, -0.15) is 0 Å². The first-order valence-electron chi connectivity index (χ1n) is 5.97. The molecule has 1 aromatic rings. The molecule has 0 bridgehead atoms. The molecule has 9 heteroatoms. The number of carbonyl (C=O) groups is 1. The summed E-state index contributed by atoms with van der Waals surface area (Å²) >= 11 is 5.88. The highest BCUT2D eigenvalue weighted by molar-refractivity contribution is 7.89. The fraction of sp³-hybridized carbons (Fsp3) is 0.417. The lowest BCUT2D eigenvalue weighted by atomic mass is 10.3. The number of nitrogens with one attached hydrogen (secondary N) is 1. The van der Waals surface area contributed by atoms with Gasteiger partial charge in [0.05, 0.1) is 16.5 Å². The van der Waals surface area contributed by atoms with E-state index in [0.29, 0.717) is 6.61 Å². The van der Waals surface area contributed by atoms with Crippen LogP contribution < -0.4 is 15.2 Å². The molecule has 0 fully saturated rings. The molecular formula is C12H17ClN2O5S. The number of primary sulfonamides is 1. The number of halogens is 1. The molecule has 0 saturated carbocycles. The normalized spacial score (nSPS) is 12.8. The highest BCUT2D eigenvalue weighted by atomic mass is 35.5. The number of sulfonamides is 1. The number of rotatable bonds is 7. The lowest BCUT2D eigenvalue weighted by molar-refractivity contribution is -0.124. The monoisotopic (exact) mass is 336 g/mol. The minimum atomic E-state index is -3.83. The van der Waals surface area contributed by atoms with Crippen LogP contribution in [0.4, 0.5) is 0 Å². The SMILES string of the molecule is COCC(C)NC(=O)COc1ccc(S(N)(=O)=O)cc1Cl. The molecule has 1 unspecified atom stereocenters. The van der Waals surface area contributed by atoms with Crippen LogP contribution in [0, 0.1) is 0 Å². The van der Waals surface area contributed by atoms with E-state index < -0.39 is 10.0 Å². The van der Waals surface area contributed by atoms with Gasteiger partial charge in [-0.25, -0.2) is 13.6 Å². The van der Waals surface area contributed by atoms with E-state index in [1.807, 2.05) is 0 Å². The first kappa shape index (κ1) is 17.7. The van der Waals surface area contributed by atoms with Gasteiger partial charge in [-0.05, 0) is 25.1 Å². The first-order valence-corrected chi connectivity index (χ1v) is 7.90. The third-order valence-electron chi connectivity index (χ3n) is 2.41. The molecule has 0 spiro atoms. The van der Waals surface area contributed by atoms with Crippen LogP contribution >= 0.6 is 11.6 Å². The molecule has 0 aliphatic carbocycles. The molecule has 3 N–H and O–H groups in total. The van der Waals surface area contributed by atoms with Gasteiger partial charge < -0.3 is 14.8 Å². The standard InChI is InChI=1S/C12H17ClN2O5S/c1-8(6-19-2)15-12(16)7-20-11-4-3-9(5-10(11)13)21(14,17)18/h3-5,8H,6-7H2,1-2H3,(H,15,16)(H2,14,17,18). The maximum atomic E-state index is 11.6. The molecule has 0 heterocycles. The Labute approximate surface area is 128 Å². The van der Waals surface area contributed by atoms with E-state index in [2.05, 4.69) is 5.32 Å². The van der Waals surface area contributed by atoms with Gasteiger partial charge in [0.1, 0.15) is 5.75 Å². The van der Waals surface area contributed by atoms with Crippen LogP contribution in [0.5, 0.6) is 5.75 Å². The van der Waals surface area contributed by atoms with Crippen LogP contribution in [0.2, 0.25) is 5.02 Å². The van der Waals surface area contributed by atoms with Crippen molar-refractivity contribution in [2.75, 3.05) is 20.3 Å². The summed E-state index contributed by atoms with van der Waals surface area (Å²) in [4.78, 5) is 11.5. The van der Waals surface area contributed by atoms with Crippen LogP contribution in [0.25, 0.3) is 0 Å². The molecule has 7 nitrogen and oxygen atoms in total. The Morgan fingerprint density at radius 2 is 2.14 bits per heavy atom. The average Bonchev–Trinajstić information content (AvgIpc) is 2.36. The highest BCUT2D eigenvalue weighted by Gasteiger charge is 2.13. The summed E-state index contributed by atoms with van der Waals surface area (Å²) in [5.41, 5.74) is 0. The Bertz CT molecular complexity index is 606. The first-order chi connectivity index (χ1) is 9.74. The predicted octanol–water partition coefficient (Wildman–Crippen LogP) is 0.517. The molecular weight excluding hydrogens is 320 g/mol. The van der Waals surface area contributed by atoms with Gasteiger partial charge in [0.15, 0.2) is 6.61 Å². The number of hydrogen-bond donors (Lipinski definition) is 2. The molecule has 0 radical (unpaired) electrons. The molecule has 0 aliphatic heterocycles. The third-order valence-corrected chi connectivity index (χ3v) is 3.62. The molecule has 1 atom stereocenters. The van der Waals surface area contributed by atoms with E-state index in [4.69, 9.17) is 26.2 Å². The van der Waals surface area contributed by atoms with Crippen molar-refractivity contribution in [1.82, 2.24) is 5.32 Å². The van der Waals surface area contributed by atoms with Crippen molar-refractivity contribution in [2.24, 2.45) is 5.14 Å². The Morgan fingerprint density at radius 3 is 2.67 bits per heavy atom. The van der Waals surface area contributed by atoms with E-state index in [-0.39, 0.29) is 34.2 Å². The molecule has 1 rings (SSSR count). The number of hydrogen-bond acceptors (Lipinski definition) is 5. The summed E-state index contributed by atoms with van der Waals surface area (Å²) in [7, 11) is -2.30. The van der Waals surface area contributed by atoms with E-state index >= 15 is 0 Å². The van der Waals surface area contributed by atoms with Crippen LogP contribution in [-0.4, -0.2) is 40.7 Å². The van der Waals surface area contributed by atoms with Gasteiger partial charge >= 0.3 is 0 Å². The van der Waals surface area contributed by atoms with Gasteiger partial charge in [0.2, 0.25) is 10.0 Å². The van der Waals surface area contributed by atoms with Gasteiger partial charge in [-0.3, -0.25) is 4.79 Å². The molecule has 1 amide bonds. The van der Waals surface area contributed by atoms with Crippen LogP contribution in [0.15, 0.2) is 23.1 Å². The number of nitrogens with two attached hydrogens (primary N) is 1. The van der Waals surface area contributed by atoms with Crippen molar-refractivity contribution in [2.45, 2.75) is 17.9 Å². The fourth-order valence-corrected chi connectivity index (χ4v) is 2.37.